The molecule has 0 aliphatic carbocycles. The van der Waals surface area contributed by atoms with Gasteiger partial charge in [0.1, 0.15) is 12.2 Å². The predicted molar refractivity (Wildman–Crippen MR) is 47.8 cm³/mol. The molecule has 1 heterocycles. The van der Waals surface area contributed by atoms with E-state index in [-0.39, 0.29) is 0 Å². The van der Waals surface area contributed by atoms with Crippen LogP contribution in [0.4, 0.5) is 0 Å². The van der Waals surface area contributed by atoms with E-state index in [4.69, 9.17) is 5.73 Å². The van der Waals surface area contributed by atoms with Crippen LogP contribution in [0.3, 0.4) is 0 Å². The van der Waals surface area contributed by atoms with Gasteiger partial charge in [-0.05, 0) is 26.8 Å². The summed E-state index contributed by atoms with van der Waals surface area (Å²) in [5.41, 5.74) is 5.41. The minimum atomic E-state index is 0.389. The summed E-state index contributed by atoms with van der Waals surface area (Å²) in [6.07, 6.45) is 3.51. The molecule has 0 amide bonds. The van der Waals surface area contributed by atoms with E-state index >= 15 is 0 Å². The maximum atomic E-state index is 5.41. The summed E-state index contributed by atoms with van der Waals surface area (Å²) in [5.74, 6) is 1.04. The molecule has 0 saturated carbocycles. The molecule has 1 aromatic rings. The molecule has 4 nitrogen and oxygen atoms in total. The molecule has 0 atom stereocenters. The van der Waals surface area contributed by atoms with Crippen LogP contribution >= 0.6 is 0 Å². The zero-order chi connectivity index (χ0) is 8.97. The van der Waals surface area contributed by atoms with Crippen molar-refractivity contribution in [1.82, 2.24) is 14.8 Å². The van der Waals surface area contributed by atoms with Gasteiger partial charge in [0.05, 0.1) is 0 Å². The number of rotatable bonds is 4. The average Bonchev–Trinajstić information content (AvgIpc) is 2.48. The van der Waals surface area contributed by atoms with Crippen molar-refractivity contribution < 1.29 is 0 Å². The van der Waals surface area contributed by atoms with Crippen LogP contribution in [0.1, 0.15) is 32.1 Å². The third-order valence-electron chi connectivity index (χ3n) is 1.74. The number of hydrogen-bond acceptors (Lipinski definition) is 3. The molecule has 2 N–H and O–H groups in total. The Balaban J connectivity index is 2.64. The van der Waals surface area contributed by atoms with Gasteiger partial charge < -0.3 is 5.73 Å². The molecule has 1 rings (SSSR count). The molecule has 0 aliphatic heterocycles. The molecule has 4 heteroatoms. The summed E-state index contributed by atoms with van der Waals surface area (Å²) in [6.45, 7) is 4.91. The van der Waals surface area contributed by atoms with Crippen LogP contribution < -0.4 is 5.73 Å². The second kappa shape index (κ2) is 4.21. The van der Waals surface area contributed by atoms with Crippen LogP contribution in [-0.2, 0) is 6.42 Å². The van der Waals surface area contributed by atoms with Crippen molar-refractivity contribution in [2.45, 2.75) is 32.7 Å². The van der Waals surface area contributed by atoms with E-state index in [0.717, 1.165) is 18.7 Å². The van der Waals surface area contributed by atoms with E-state index < -0.39 is 0 Å². The summed E-state index contributed by atoms with van der Waals surface area (Å²) in [6, 6.07) is 0.389. The van der Waals surface area contributed by atoms with Crippen molar-refractivity contribution in [3.63, 3.8) is 0 Å². The minimum Gasteiger partial charge on any atom is -0.330 e. The highest BCUT2D eigenvalue weighted by Crippen LogP contribution is 2.06. The first-order valence-electron chi connectivity index (χ1n) is 4.34. The molecular weight excluding hydrogens is 152 g/mol. The summed E-state index contributed by atoms with van der Waals surface area (Å²) in [4.78, 5) is 4.17. The van der Waals surface area contributed by atoms with Crippen molar-refractivity contribution >= 4 is 0 Å². The van der Waals surface area contributed by atoms with Gasteiger partial charge in [-0.1, -0.05) is 0 Å². The van der Waals surface area contributed by atoms with Crippen LogP contribution in [0.25, 0.3) is 0 Å². The van der Waals surface area contributed by atoms with E-state index in [1.54, 1.807) is 6.33 Å². The van der Waals surface area contributed by atoms with Gasteiger partial charge in [0.2, 0.25) is 0 Å². The van der Waals surface area contributed by atoms with E-state index in [1.807, 2.05) is 4.68 Å². The van der Waals surface area contributed by atoms with Crippen molar-refractivity contribution in [1.29, 1.82) is 0 Å². The Morgan fingerprint density at radius 1 is 1.58 bits per heavy atom. The Bertz CT molecular complexity index is 229. The highest BCUT2D eigenvalue weighted by atomic mass is 15.3. The van der Waals surface area contributed by atoms with Gasteiger partial charge in [0.15, 0.2) is 0 Å². The average molecular weight is 168 g/mol. The number of nitrogens with two attached hydrogens (primary N) is 1. The maximum Gasteiger partial charge on any atom is 0.138 e. The Kier molecular flexibility index (Phi) is 3.22. The molecule has 0 fully saturated rings. The molecule has 0 aromatic carbocycles. The number of aromatic nitrogens is 3. The zero-order valence-corrected chi connectivity index (χ0v) is 7.70. The Morgan fingerprint density at radius 2 is 2.33 bits per heavy atom. The fourth-order valence-corrected chi connectivity index (χ4v) is 1.14. The van der Waals surface area contributed by atoms with Gasteiger partial charge in [-0.3, -0.25) is 0 Å². The van der Waals surface area contributed by atoms with Gasteiger partial charge in [0.25, 0.3) is 0 Å². The molecule has 1 aromatic heterocycles. The van der Waals surface area contributed by atoms with Crippen LogP contribution in [0.15, 0.2) is 6.33 Å². The van der Waals surface area contributed by atoms with Crippen LogP contribution in [0.2, 0.25) is 0 Å². The second-order valence-corrected chi connectivity index (χ2v) is 3.11. The molecule has 0 unspecified atom stereocenters. The molecule has 0 bridgehead atoms. The fraction of sp³-hybridized carbons (Fsp3) is 0.750. The lowest BCUT2D eigenvalue weighted by Crippen LogP contribution is -2.10. The lowest BCUT2D eigenvalue weighted by Gasteiger charge is -2.08. The summed E-state index contributed by atoms with van der Waals surface area (Å²) in [7, 11) is 0. The molecule has 12 heavy (non-hydrogen) atoms. The lowest BCUT2D eigenvalue weighted by atomic mass is 10.3. The molecule has 68 valence electrons. The Morgan fingerprint density at radius 3 is 2.92 bits per heavy atom. The first-order valence-corrected chi connectivity index (χ1v) is 4.34. The largest absolute Gasteiger partial charge is 0.330 e. The Hall–Kier alpha value is -0.900. The lowest BCUT2D eigenvalue weighted by molar-refractivity contribution is 0.501. The van der Waals surface area contributed by atoms with E-state index in [1.165, 1.54) is 0 Å². The minimum absolute atomic E-state index is 0.389. The topological polar surface area (TPSA) is 56.7 Å². The predicted octanol–water partition coefficient (Wildman–Crippen LogP) is 0.750. The van der Waals surface area contributed by atoms with Crippen molar-refractivity contribution in [3.05, 3.63) is 12.2 Å². The molecular formula is C8H16N4. The summed E-state index contributed by atoms with van der Waals surface area (Å²) < 4.78 is 1.94. The Labute approximate surface area is 72.8 Å². The monoisotopic (exact) mass is 168 g/mol. The van der Waals surface area contributed by atoms with Gasteiger partial charge in [0, 0.05) is 12.5 Å². The van der Waals surface area contributed by atoms with E-state index in [2.05, 4.69) is 23.9 Å². The van der Waals surface area contributed by atoms with Gasteiger partial charge in [-0.15, -0.1) is 0 Å². The maximum absolute atomic E-state index is 5.41. The third-order valence-corrected chi connectivity index (χ3v) is 1.74. The summed E-state index contributed by atoms with van der Waals surface area (Å²) >= 11 is 0. The van der Waals surface area contributed by atoms with E-state index in [0.29, 0.717) is 12.6 Å². The summed E-state index contributed by atoms with van der Waals surface area (Å²) in [5, 5.41) is 4.13. The van der Waals surface area contributed by atoms with Crippen LogP contribution in [0.5, 0.6) is 0 Å². The van der Waals surface area contributed by atoms with Crippen molar-refractivity contribution in [3.8, 4) is 0 Å². The number of hydrogen-bond donors (Lipinski definition) is 1. The normalized spacial score (nSPS) is 11.0. The molecule has 0 radical (unpaired) electrons. The fourth-order valence-electron chi connectivity index (χ4n) is 1.14. The van der Waals surface area contributed by atoms with E-state index in [9.17, 15) is 0 Å². The standard InChI is InChI=1S/C8H16N4/c1-7(2)12-8(4-3-5-9)10-6-11-12/h6-7H,3-5,9H2,1-2H3. The van der Waals surface area contributed by atoms with Gasteiger partial charge in [-0.2, -0.15) is 5.10 Å². The quantitative estimate of drug-likeness (QED) is 0.721. The third kappa shape index (κ3) is 2.04. The molecule has 0 spiro atoms. The highest BCUT2D eigenvalue weighted by Gasteiger charge is 2.05. The first kappa shape index (κ1) is 9.19. The molecule has 0 saturated heterocycles. The zero-order valence-electron chi connectivity index (χ0n) is 7.70. The second-order valence-electron chi connectivity index (χ2n) is 3.11. The van der Waals surface area contributed by atoms with Crippen molar-refractivity contribution in [2.75, 3.05) is 6.54 Å². The smallest absolute Gasteiger partial charge is 0.138 e. The van der Waals surface area contributed by atoms with Crippen LogP contribution in [0, 0.1) is 0 Å². The molecule has 0 aliphatic rings. The first-order chi connectivity index (χ1) is 5.75. The van der Waals surface area contributed by atoms with Gasteiger partial charge in [-0.25, -0.2) is 9.67 Å². The number of nitrogens with zero attached hydrogens (tertiary/aromatic N) is 3. The van der Waals surface area contributed by atoms with Gasteiger partial charge >= 0.3 is 0 Å². The highest BCUT2D eigenvalue weighted by molar-refractivity contribution is 4.86. The number of aryl methyl sites for hydroxylation is 1. The van der Waals surface area contributed by atoms with Crippen molar-refractivity contribution in [2.24, 2.45) is 5.73 Å². The SMILES string of the molecule is CC(C)n1ncnc1CCCN. The van der Waals surface area contributed by atoms with Crippen LogP contribution in [-0.4, -0.2) is 21.3 Å².